The van der Waals surface area contributed by atoms with Crippen molar-refractivity contribution in [3.8, 4) is 0 Å². The van der Waals surface area contributed by atoms with Gasteiger partial charge >= 0.3 is 12.2 Å². The van der Waals surface area contributed by atoms with E-state index in [1.807, 2.05) is 5.32 Å². The molecule has 1 aliphatic heterocycles. The maximum absolute atomic E-state index is 13.5. The number of methoxy groups -OCH3 is 1. The van der Waals surface area contributed by atoms with Gasteiger partial charge in [0.25, 0.3) is 5.91 Å². The first-order valence-electron chi connectivity index (χ1n) is 13.1. The lowest BCUT2D eigenvalue weighted by molar-refractivity contribution is -0.150. The summed E-state index contributed by atoms with van der Waals surface area (Å²) in [5.41, 5.74) is 2.29. The number of ether oxygens (including phenoxy) is 1. The minimum Gasteiger partial charge on any atom is -0.382 e. The molecule has 3 N–H and O–H groups in total. The summed E-state index contributed by atoms with van der Waals surface area (Å²) in [7, 11) is 1.38. The van der Waals surface area contributed by atoms with Crippen molar-refractivity contribution in [3.05, 3.63) is 40.0 Å². The molecule has 2 aromatic heterocycles. The Morgan fingerprint density at radius 1 is 1.25 bits per heavy atom. The number of thiazole rings is 1. The fourth-order valence-electron chi connectivity index (χ4n) is 5.21. The molecule has 4 rings (SSSR count). The van der Waals surface area contributed by atoms with Gasteiger partial charge in [-0.3, -0.25) is 9.59 Å². The monoisotopic (exact) mass is 582 g/mol. The predicted molar refractivity (Wildman–Crippen MR) is 142 cm³/mol. The third-order valence-corrected chi connectivity index (χ3v) is 8.27. The average Bonchev–Trinajstić information content (AvgIpc) is 3.52. The molecule has 10 nitrogen and oxygen atoms in total. The number of urea groups is 1. The molecule has 1 saturated heterocycles. The number of carbonyl (C=O) groups is 3. The number of hydrogen-bond acceptors (Lipinski definition) is 7. The highest BCUT2D eigenvalue weighted by molar-refractivity contribution is 7.09. The molecule has 0 bridgehead atoms. The number of nitrogens with zero attached hydrogens (tertiary/aromatic N) is 3. The summed E-state index contributed by atoms with van der Waals surface area (Å²) in [5, 5.41) is 7.60. The topological polar surface area (TPSA) is 126 Å². The molecule has 1 aliphatic carbocycles. The van der Waals surface area contributed by atoms with Gasteiger partial charge in [-0.05, 0) is 49.3 Å². The number of carbonyl (C=O) groups excluding carboxylic acids is 3. The summed E-state index contributed by atoms with van der Waals surface area (Å²) in [4.78, 5) is 49.1. The second kappa shape index (κ2) is 12.5. The number of nitrogens with one attached hydrogen (secondary N) is 3. The number of rotatable bonds is 9. The molecule has 218 valence electrons. The van der Waals surface area contributed by atoms with Crippen molar-refractivity contribution >= 4 is 35.0 Å². The van der Waals surface area contributed by atoms with Crippen LogP contribution in [0, 0.1) is 18.8 Å². The molecule has 1 unspecified atom stereocenters. The summed E-state index contributed by atoms with van der Waals surface area (Å²) < 4.78 is 45.0. The fraction of sp³-hybridized carbons (Fsp3) is 0.577. The zero-order valence-corrected chi connectivity index (χ0v) is 23.3. The Labute approximate surface area is 234 Å². The van der Waals surface area contributed by atoms with Crippen LogP contribution in [0.1, 0.15) is 59.6 Å². The lowest BCUT2D eigenvalue weighted by Crippen LogP contribution is -2.49. The van der Waals surface area contributed by atoms with Crippen LogP contribution in [-0.4, -0.2) is 71.2 Å². The second-order valence-corrected chi connectivity index (χ2v) is 11.4. The van der Waals surface area contributed by atoms with Crippen LogP contribution in [0.25, 0.3) is 0 Å². The molecule has 4 amide bonds. The van der Waals surface area contributed by atoms with E-state index >= 15 is 0 Å². The lowest BCUT2D eigenvalue weighted by atomic mass is 9.79. The highest BCUT2D eigenvalue weighted by atomic mass is 32.1. The van der Waals surface area contributed by atoms with Crippen LogP contribution in [0.5, 0.6) is 0 Å². The van der Waals surface area contributed by atoms with Gasteiger partial charge in [-0.15, -0.1) is 11.3 Å². The summed E-state index contributed by atoms with van der Waals surface area (Å²) in [6.45, 7) is 3.30. The molecule has 14 heteroatoms. The Bertz CT molecular complexity index is 1220. The standard InChI is InChI=1S/C26H33F3N6O4S/c1-14-4-6-16(7-5-14)22(34-23(36)21-15(2)40-13-31-21)24(37)33-20-10-17(8-9-30-20)18(12-39-3)35-11-19(26(27,28)29)32-25(35)38/h8-10,13-14,16,18-19,22H,4-7,11-12H2,1-3H3,(H,32,38)(H,34,36)(H,30,33,37)/t14?,16?,18?,19-,22-/m0/s1. The minimum absolute atomic E-state index is 0.0681. The van der Waals surface area contributed by atoms with Crippen LogP contribution < -0.4 is 16.0 Å². The van der Waals surface area contributed by atoms with E-state index in [0.717, 1.165) is 35.5 Å². The maximum atomic E-state index is 13.5. The van der Waals surface area contributed by atoms with Crippen molar-refractivity contribution in [2.45, 2.75) is 63.8 Å². The molecule has 0 radical (unpaired) electrons. The number of pyridine rings is 1. The smallest absolute Gasteiger partial charge is 0.382 e. The second-order valence-electron chi connectivity index (χ2n) is 10.4. The van der Waals surface area contributed by atoms with E-state index in [1.165, 1.54) is 30.7 Å². The Morgan fingerprint density at radius 3 is 2.58 bits per heavy atom. The Kier molecular flexibility index (Phi) is 9.29. The van der Waals surface area contributed by atoms with Gasteiger partial charge < -0.3 is 25.6 Å². The molecule has 0 aromatic carbocycles. The van der Waals surface area contributed by atoms with E-state index in [1.54, 1.807) is 18.5 Å². The molecular weight excluding hydrogens is 549 g/mol. The minimum atomic E-state index is -4.59. The number of amides is 4. The predicted octanol–water partition coefficient (Wildman–Crippen LogP) is 4.05. The molecule has 2 fully saturated rings. The number of anilines is 1. The summed E-state index contributed by atoms with van der Waals surface area (Å²) in [5.74, 6) is -0.296. The van der Waals surface area contributed by atoms with E-state index in [9.17, 15) is 27.6 Å². The van der Waals surface area contributed by atoms with Crippen molar-refractivity contribution in [3.63, 3.8) is 0 Å². The van der Waals surface area contributed by atoms with Gasteiger partial charge in [-0.1, -0.05) is 19.8 Å². The largest absolute Gasteiger partial charge is 0.410 e. The van der Waals surface area contributed by atoms with Crippen LogP contribution in [0.2, 0.25) is 0 Å². The molecule has 2 aromatic rings. The van der Waals surface area contributed by atoms with Gasteiger partial charge in [0.05, 0.1) is 24.7 Å². The maximum Gasteiger partial charge on any atom is 0.410 e. The third-order valence-electron chi connectivity index (χ3n) is 7.51. The van der Waals surface area contributed by atoms with E-state index < -0.39 is 48.7 Å². The fourth-order valence-corrected chi connectivity index (χ4v) is 5.78. The SMILES string of the molecule is COCC(c1ccnc(NC(=O)[C@@H](NC(=O)c2ncsc2C)C2CCC(C)CC2)c1)N1C[C@@H](C(F)(F)F)NC1=O. The molecule has 40 heavy (non-hydrogen) atoms. The van der Waals surface area contributed by atoms with Gasteiger partial charge in [-0.25, -0.2) is 14.8 Å². The first-order valence-corrected chi connectivity index (χ1v) is 14.0. The van der Waals surface area contributed by atoms with Crippen LogP contribution in [0.3, 0.4) is 0 Å². The zero-order chi connectivity index (χ0) is 29.0. The molecule has 1 saturated carbocycles. The number of alkyl halides is 3. The van der Waals surface area contributed by atoms with Crippen molar-refractivity contribution in [1.29, 1.82) is 0 Å². The molecular formula is C26H33F3N6O4S. The van der Waals surface area contributed by atoms with Crippen LogP contribution in [-0.2, 0) is 9.53 Å². The molecule has 0 spiro atoms. The van der Waals surface area contributed by atoms with E-state index in [-0.39, 0.29) is 24.0 Å². The van der Waals surface area contributed by atoms with Crippen LogP contribution >= 0.6 is 11.3 Å². The zero-order valence-electron chi connectivity index (χ0n) is 22.5. The number of halogens is 3. The van der Waals surface area contributed by atoms with Crippen molar-refractivity contribution in [1.82, 2.24) is 25.5 Å². The Morgan fingerprint density at radius 2 is 1.98 bits per heavy atom. The number of aromatic nitrogens is 2. The quantitative estimate of drug-likeness (QED) is 0.410. The van der Waals surface area contributed by atoms with Crippen molar-refractivity contribution < 1.29 is 32.3 Å². The first kappa shape index (κ1) is 29.7. The van der Waals surface area contributed by atoms with Gasteiger partial charge in [0, 0.05) is 18.2 Å². The first-order chi connectivity index (χ1) is 19.0. The Hall–Kier alpha value is -3.26. The third kappa shape index (κ3) is 6.89. The van der Waals surface area contributed by atoms with Gasteiger partial charge in [0.1, 0.15) is 23.6 Å². The molecule has 3 heterocycles. The van der Waals surface area contributed by atoms with Gasteiger partial charge in [0.15, 0.2) is 0 Å². The van der Waals surface area contributed by atoms with E-state index in [0.29, 0.717) is 11.5 Å². The van der Waals surface area contributed by atoms with Gasteiger partial charge in [-0.2, -0.15) is 13.2 Å². The van der Waals surface area contributed by atoms with Crippen LogP contribution in [0.4, 0.5) is 23.8 Å². The average molecular weight is 583 g/mol. The molecule has 2 aliphatic rings. The van der Waals surface area contributed by atoms with E-state index in [2.05, 4.69) is 27.5 Å². The van der Waals surface area contributed by atoms with Crippen molar-refractivity contribution in [2.75, 3.05) is 25.6 Å². The summed E-state index contributed by atoms with van der Waals surface area (Å²) in [6, 6.07) is -1.48. The highest BCUT2D eigenvalue weighted by Gasteiger charge is 2.48. The normalized spacial score (nSPS) is 22.9. The number of hydrogen-bond donors (Lipinski definition) is 3. The summed E-state index contributed by atoms with van der Waals surface area (Å²) >= 11 is 1.34. The van der Waals surface area contributed by atoms with Gasteiger partial charge in [0.2, 0.25) is 5.91 Å². The Balaban J connectivity index is 1.53. The molecule has 3 atom stereocenters. The summed E-state index contributed by atoms with van der Waals surface area (Å²) in [6.07, 6.45) is 0.212. The highest BCUT2D eigenvalue weighted by Crippen LogP contribution is 2.33. The number of aryl methyl sites for hydroxylation is 1. The lowest BCUT2D eigenvalue weighted by Gasteiger charge is -2.32. The van der Waals surface area contributed by atoms with Crippen molar-refractivity contribution in [2.24, 2.45) is 11.8 Å². The van der Waals surface area contributed by atoms with Crippen LogP contribution in [0.15, 0.2) is 23.8 Å². The van der Waals surface area contributed by atoms with E-state index in [4.69, 9.17) is 4.74 Å².